The third-order valence-corrected chi connectivity index (χ3v) is 6.10. The molecule has 0 aromatic carbocycles. The zero-order chi connectivity index (χ0) is 18.1. The van der Waals surface area contributed by atoms with Gasteiger partial charge in [-0.15, -0.1) is 0 Å². The second-order valence-corrected chi connectivity index (χ2v) is 8.17. The van der Waals surface area contributed by atoms with Gasteiger partial charge in [-0.05, 0) is 25.7 Å². The van der Waals surface area contributed by atoms with Gasteiger partial charge in [0.15, 0.2) is 10.8 Å². The van der Waals surface area contributed by atoms with E-state index in [1.54, 1.807) is 13.0 Å². The molecule has 2 aromatic rings. The fourth-order valence-electron chi connectivity index (χ4n) is 3.69. The summed E-state index contributed by atoms with van der Waals surface area (Å²) in [6.45, 7) is 3.04. The molecule has 2 amide bonds. The second-order valence-electron chi connectivity index (χ2n) is 7.09. The summed E-state index contributed by atoms with van der Waals surface area (Å²) in [5, 5.41) is 7.04. The lowest BCUT2D eigenvalue weighted by molar-refractivity contribution is -0.133. The van der Waals surface area contributed by atoms with E-state index in [-0.39, 0.29) is 17.5 Å². The predicted octanol–water partition coefficient (Wildman–Crippen LogP) is 3.16. The van der Waals surface area contributed by atoms with Gasteiger partial charge in [0, 0.05) is 30.3 Å². The lowest BCUT2D eigenvalue weighted by Crippen LogP contribution is -2.36. The highest BCUT2D eigenvalue weighted by Crippen LogP contribution is 2.31. The van der Waals surface area contributed by atoms with Crippen molar-refractivity contribution in [2.24, 2.45) is 5.92 Å². The number of aryl methyl sites for hydroxylation is 1. The summed E-state index contributed by atoms with van der Waals surface area (Å²) >= 11 is 1.43. The number of carbonyl (C=O) groups is 2. The summed E-state index contributed by atoms with van der Waals surface area (Å²) in [5.41, 5.74) is 1.22. The first-order valence-corrected chi connectivity index (χ1v) is 9.91. The van der Waals surface area contributed by atoms with Crippen LogP contribution in [0.2, 0.25) is 0 Å². The van der Waals surface area contributed by atoms with Crippen molar-refractivity contribution in [1.29, 1.82) is 0 Å². The molecule has 138 valence electrons. The minimum absolute atomic E-state index is 0.240. The number of aromatic nitrogens is 2. The van der Waals surface area contributed by atoms with Crippen LogP contribution in [0.5, 0.6) is 0 Å². The molecule has 0 saturated heterocycles. The Morgan fingerprint density at radius 3 is 2.92 bits per heavy atom. The summed E-state index contributed by atoms with van der Waals surface area (Å²) in [7, 11) is 0. The van der Waals surface area contributed by atoms with Gasteiger partial charge in [-0.3, -0.25) is 14.9 Å². The van der Waals surface area contributed by atoms with E-state index in [1.807, 2.05) is 4.90 Å². The van der Waals surface area contributed by atoms with Crippen LogP contribution < -0.4 is 5.32 Å². The van der Waals surface area contributed by atoms with Crippen LogP contribution in [0.1, 0.15) is 58.9 Å². The average molecular weight is 374 g/mol. The number of nitrogens with one attached hydrogen (secondary N) is 1. The Morgan fingerprint density at radius 1 is 1.38 bits per heavy atom. The van der Waals surface area contributed by atoms with Gasteiger partial charge in [0.05, 0.1) is 12.2 Å². The van der Waals surface area contributed by atoms with Crippen molar-refractivity contribution in [3.05, 3.63) is 28.1 Å². The Hall–Kier alpha value is -2.22. The summed E-state index contributed by atoms with van der Waals surface area (Å²) in [4.78, 5) is 32.2. The van der Waals surface area contributed by atoms with Crippen LogP contribution in [0.3, 0.4) is 0 Å². The van der Waals surface area contributed by atoms with E-state index < -0.39 is 0 Å². The van der Waals surface area contributed by atoms with Gasteiger partial charge < -0.3 is 9.42 Å². The van der Waals surface area contributed by atoms with E-state index in [0.717, 1.165) is 17.0 Å². The Morgan fingerprint density at radius 2 is 2.19 bits per heavy atom. The van der Waals surface area contributed by atoms with Crippen molar-refractivity contribution >= 4 is 28.3 Å². The van der Waals surface area contributed by atoms with Crippen molar-refractivity contribution in [3.8, 4) is 0 Å². The van der Waals surface area contributed by atoms with Crippen molar-refractivity contribution in [1.82, 2.24) is 15.0 Å². The lowest BCUT2D eigenvalue weighted by Gasteiger charge is -2.27. The van der Waals surface area contributed by atoms with Gasteiger partial charge in [0.2, 0.25) is 5.91 Å². The van der Waals surface area contributed by atoms with Crippen LogP contribution in [-0.4, -0.2) is 33.4 Å². The van der Waals surface area contributed by atoms with Crippen LogP contribution in [-0.2, 0) is 17.8 Å². The molecule has 3 heterocycles. The normalized spacial score (nSPS) is 17.3. The first kappa shape index (κ1) is 17.2. The largest absolute Gasteiger partial charge is 0.361 e. The Labute approximate surface area is 155 Å². The molecule has 1 saturated carbocycles. The zero-order valence-corrected chi connectivity index (χ0v) is 15.6. The van der Waals surface area contributed by atoms with E-state index in [4.69, 9.17) is 4.52 Å². The third kappa shape index (κ3) is 3.65. The van der Waals surface area contributed by atoms with Gasteiger partial charge in [-0.25, -0.2) is 4.98 Å². The number of hydrogen-bond acceptors (Lipinski definition) is 6. The van der Waals surface area contributed by atoms with Crippen LogP contribution in [0.15, 0.2) is 10.6 Å². The Kier molecular flexibility index (Phi) is 4.76. The molecule has 8 heteroatoms. The first-order valence-electron chi connectivity index (χ1n) is 9.09. The zero-order valence-electron chi connectivity index (χ0n) is 14.8. The van der Waals surface area contributed by atoms with E-state index in [2.05, 4.69) is 15.5 Å². The highest BCUT2D eigenvalue weighted by Gasteiger charge is 2.27. The third-order valence-electron chi connectivity index (χ3n) is 5.10. The van der Waals surface area contributed by atoms with Crippen LogP contribution in [0, 0.1) is 12.8 Å². The number of carbonyl (C=O) groups excluding carboxylic acids is 2. The lowest BCUT2D eigenvalue weighted by atomic mass is 10.0. The van der Waals surface area contributed by atoms with Crippen LogP contribution in [0.4, 0.5) is 5.13 Å². The van der Waals surface area contributed by atoms with Crippen LogP contribution in [0.25, 0.3) is 0 Å². The van der Waals surface area contributed by atoms with Gasteiger partial charge in [0.25, 0.3) is 5.91 Å². The number of anilines is 1. The molecule has 1 fully saturated rings. The standard InChI is InChI=1S/C18H22N4O3S/c1-11-8-14(21-25-11)17(24)20-18-19-13-6-7-22(10-15(13)26-18)16(23)9-12-4-2-3-5-12/h8,12H,2-7,9-10H2,1H3,(H,19,20,24). The fourth-order valence-corrected chi connectivity index (χ4v) is 4.71. The average Bonchev–Trinajstić information content (AvgIpc) is 3.34. The summed E-state index contributed by atoms with van der Waals surface area (Å²) < 4.78 is 4.93. The molecule has 0 radical (unpaired) electrons. The summed E-state index contributed by atoms with van der Waals surface area (Å²) in [6.07, 6.45) is 6.28. The number of thiazole rings is 1. The van der Waals surface area contributed by atoms with Crippen molar-refractivity contribution in [3.63, 3.8) is 0 Å². The van der Waals surface area contributed by atoms with Crippen molar-refractivity contribution < 1.29 is 14.1 Å². The molecule has 2 aromatic heterocycles. The summed E-state index contributed by atoms with van der Waals surface area (Å²) in [5.74, 6) is 1.07. The molecule has 0 spiro atoms. The van der Waals surface area contributed by atoms with Gasteiger partial charge in [-0.1, -0.05) is 29.3 Å². The maximum absolute atomic E-state index is 12.6. The Balaban J connectivity index is 1.38. The molecule has 1 N–H and O–H groups in total. The maximum atomic E-state index is 12.6. The number of rotatable bonds is 4. The van der Waals surface area contributed by atoms with Crippen molar-refractivity contribution in [2.75, 3.05) is 11.9 Å². The number of amides is 2. The minimum atomic E-state index is -0.331. The smallest absolute Gasteiger partial charge is 0.279 e. The molecule has 1 aliphatic carbocycles. The summed E-state index contributed by atoms with van der Waals surface area (Å²) in [6, 6.07) is 1.59. The topological polar surface area (TPSA) is 88.3 Å². The highest BCUT2D eigenvalue weighted by molar-refractivity contribution is 7.15. The molecule has 0 bridgehead atoms. The van der Waals surface area contributed by atoms with Gasteiger partial charge in [-0.2, -0.15) is 0 Å². The SMILES string of the molecule is Cc1cc(C(=O)Nc2nc3c(s2)CN(C(=O)CC2CCCC2)CC3)no1. The molecular weight excluding hydrogens is 352 g/mol. The first-order chi connectivity index (χ1) is 12.6. The van der Waals surface area contributed by atoms with E-state index >= 15 is 0 Å². The molecule has 2 aliphatic rings. The van der Waals surface area contributed by atoms with E-state index in [0.29, 0.717) is 36.3 Å². The van der Waals surface area contributed by atoms with E-state index in [9.17, 15) is 9.59 Å². The minimum Gasteiger partial charge on any atom is -0.361 e. The molecule has 26 heavy (non-hydrogen) atoms. The molecule has 7 nitrogen and oxygen atoms in total. The predicted molar refractivity (Wildman–Crippen MR) is 97.0 cm³/mol. The molecule has 4 rings (SSSR count). The maximum Gasteiger partial charge on any atom is 0.279 e. The monoisotopic (exact) mass is 374 g/mol. The Bertz CT molecular complexity index is 822. The van der Waals surface area contributed by atoms with E-state index in [1.165, 1.54) is 37.0 Å². The molecular formula is C18H22N4O3S. The number of nitrogens with zero attached hydrogens (tertiary/aromatic N) is 3. The quantitative estimate of drug-likeness (QED) is 0.888. The molecule has 0 atom stereocenters. The molecule has 1 aliphatic heterocycles. The van der Waals surface area contributed by atoms with Gasteiger partial charge in [0.1, 0.15) is 5.76 Å². The number of fused-ring (bicyclic) bond motifs is 1. The van der Waals surface area contributed by atoms with Crippen molar-refractivity contribution in [2.45, 2.75) is 52.0 Å². The van der Waals surface area contributed by atoms with Crippen LogP contribution >= 0.6 is 11.3 Å². The fraction of sp³-hybridized carbons (Fsp3) is 0.556. The number of hydrogen-bond donors (Lipinski definition) is 1. The van der Waals surface area contributed by atoms with Gasteiger partial charge >= 0.3 is 0 Å². The highest BCUT2D eigenvalue weighted by atomic mass is 32.1. The molecule has 0 unspecified atom stereocenters. The second kappa shape index (κ2) is 7.19.